The van der Waals surface area contributed by atoms with E-state index in [-0.39, 0.29) is 14.9 Å². The molecule has 0 atom stereocenters. The van der Waals surface area contributed by atoms with Crippen LogP contribution in [0.1, 0.15) is 0 Å². The Balaban J connectivity index is 0.000000255. The van der Waals surface area contributed by atoms with E-state index in [0.29, 0.717) is 0 Å². The molecule has 0 unspecified atom stereocenters. The minimum Gasteiger partial charge on any atom is -0.358 e. The fourth-order valence-electron chi connectivity index (χ4n) is 4.05. The van der Waals surface area contributed by atoms with Crippen molar-refractivity contribution in [1.82, 2.24) is 0 Å². The zero-order valence-electron chi connectivity index (χ0n) is 20.7. The first-order valence-corrected chi connectivity index (χ1v) is 19.1. The van der Waals surface area contributed by atoms with Gasteiger partial charge in [-0.05, 0) is 16.7 Å². The van der Waals surface area contributed by atoms with Crippen LogP contribution in [0.25, 0.3) is 43.8 Å². The van der Waals surface area contributed by atoms with Crippen molar-refractivity contribution in [3.63, 3.8) is 0 Å². The Hall–Kier alpha value is -2.57. The number of fused-ring (bicyclic) bond motifs is 2. The monoisotopic (exact) mass is 586 g/mol. The number of rotatable bonds is 2. The van der Waals surface area contributed by atoms with Gasteiger partial charge in [0.2, 0.25) is 0 Å². The summed E-state index contributed by atoms with van der Waals surface area (Å²) in [7, 11) is 10.3. The summed E-state index contributed by atoms with van der Waals surface area (Å²) in [5.41, 5.74) is 5.15. The van der Waals surface area contributed by atoms with Gasteiger partial charge in [-0.25, -0.2) is 0 Å². The first-order chi connectivity index (χ1) is 16.6. The van der Waals surface area contributed by atoms with Crippen molar-refractivity contribution in [2.45, 2.75) is 0 Å². The van der Waals surface area contributed by atoms with Crippen molar-refractivity contribution < 1.29 is 18.9 Å². The standard InChI is InChI=1S/C21H15.C9H7.2CH3.CH2.2ClH.Zr/c1-3-8-16(9-4-1)20-15-14-17-12-7-13-19(17)21(20)18-10-5-2-6-11-18;1-2-5-9-7-3-6-8(9)4-1;;;;;;/h1-15H;1-7H;2*1H3;1H2;2*1H;/q4*-1;;;;+2/p-2. The van der Waals surface area contributed by atoms with Gasteiger partial charge in [0.1, 0.15) is 0 Å². The van der Waals surface area contributed by atoms with Gasteiger partial charge in [0, 0.05) is 0 Å². The summed E-state index contributed by atoms with van der Waals surface area (Å²) < 4.78 is 3.37. The summed E-state index contributed by atoms with van der Waals surface area (Å²) in [5, 5.41) is 5.28. The quantitative estimate of drug-likeness (QED) is 0.177. The van der Waals surface area contributed by atoms with Gasteiger partial charge >= 0.3 is 40.1 Å². The van der Waals surface area contributed by atoms with Crippen LogP contribution < -0.4 is 0 Å². The van der Waals surface area contributed by atoms with Crippen LogP contribution in [0.3, 0.4) is 0 Å². The Bertz CT molecular complexity index is 1440. The van der Waals surface area contributed by atoms with Crippen LogP contribution in [0.5, 0.6) is 0 Å². The zero-order chi connectivity index (χ0) is 23.8. The molecule has 0 radical (unpaired) electrons. The number of benzene rings is 4. The summed E-state index contributed by atoms with van der Waals surface area (Å²) in [6.45, 7) is 0. The van der Waals surface area contributed by atoms with Crippen molar-refractivity contribution in [3.05, 3.63) is 148 Å². The van der Waals surface area contributed by atoms with Gasteiger partial charge < -0.3 is 14.9 Å². The van der Waals surface area contributed by atoms with Crippen LogP contribution in [0, 0.1) is 14.9 Å². The van der Waals surface area contributed by atoms with Crippen molar-refractivity contribution in [2.75, 3.05) is 0 Å². The molecule has 0 saturated heterocycles. The Morgan fingerprint density at radius 3 is 1.72 bits per heavy atom. The number of hydrogen-bond donors (Lipinski definition) is 0. The summed E-state index contributed by atoms with van der Waals surface area (Å²) in [4.78, 5) is 0. The molecule has 0 saturated carbocycles. The predicted octanol–water partition coefficient (Wildman–Crippen LogP) is 10.7. The van der Waals surface area contributed by atoms with Gasteiger partial charge in [-0.3, -0.25) is 0 Å². The second-order valence-electron chi connectivity index (χ2n) is 7.74. The van der Waals surface area contributed by atoms with Crippen LogP contribution in [-0.2, 0) is 18.9 Å². The summed E-state index contributed by atoms with van der Waals surface area (Å²) >= 11 is -1.85. The molecule has 0 aliphatic rings. The Labute approximate surface area is 230 Å². The van der Waals surface area contributed by atoms with E-state index in [1.165, 1.54) is 43.8 Å². The summed E-state index contributed by atoms with van der Waals surface area (Å²) in [5.74, 6) is 0. The third-order valence-corrected chi connectivity index (χ3v) is 5.51. The fraction of sp³-hybridized carbons (Fsp3) is 0. The molecule has 0 aliphatic carbocycles. The minimum absolute atomic E-state index is 0. The molecule has 6 rings (SSSR count). The van der Waals surface area contributed by atoms with E-state index in [1.807, 2.05) is 0 Å². The first kappa shape index (κ1) is 29.7. The van der Waals surface area contributed by atoms with E-state index in [1.54, 1.807) is 0 Å². The van der Waals surface area contributed by atoms with E-state index >= 15 is 0 Å². The SMILES string of the molecule is [CH2]=[Zr]([Cl])[Cl].[CH3-].[CH3-].c1ccc(-c2ccc3[cH-]ccc3c2-c2ccccc2)cc1.c1ccc2[cH-]ccc2c1. The maximum Gasteiger partial charge on any atom is -0.0194 e. The van der Waals surface area contributed by atoms with Crippen LogP contribution in [0.2, 0.25) is 0 Å². The van der Waals surface area contributed by atoms with Crippen LogP contribution in [0.4, 0.5) is 0 Å². The maximum absolute atomic E-state index is 5.13. The van der Waals surface area contributed by atoms with Gasteiger partial charge in [0.25, 0.3) is 0 Å². The molecule has 184 valence electrons. The molecule has 0 heterocycles. The Kier molecular flexibility index (Phi) is 12.2. The largest absolute Gasteiger partial charge is 0.358 e. The van der Waals surface area contributed by atoms with E-state index in [0.717, 1.165) is 0 Å². The minimum atomic E-state index is -1.85. The third-order valence-electron chi connectivity index (χ3n) is 5.51. The number of halogens is 2. The topological polar surface area (TPSA) is 0 Å². The zero-order valence-corrected chi connectivity index (χ0v) is 24.6. The molecule has 0 nitrogen and oxygen atoms in total. The molecule has 0 aliphatic heterocycles. The molecule has 0 fully saturated rings. The van der Waals surface area contributed by atoms with E-state index in [9.17, 15) is 0 Å². The Morgan fingerprint density at radius 1 is 0.556 bits per heavy atom. The van der Waals surface area contributed by atoms with Gasteiger partial charge in [0.05, 0.1) is 0 Å². The maximum atomic E-state index is 5.13. The van der Waals surface area contributed by atoms with Crippen LogP contribution >= 0.6 is 17.0 Å². The molecular formula is C33H30Cl2Zr-4. The van der Waals surface area contributed by atoms with Crippen LogP contribution in [-0.4, -0.2) is 4.21 Å². The fourth-order valence-corrected chi connectivity index (χ4v) is 4.05. The second kappa shape index (κ2) is 14.9. The van der Waals surface area contributed by atoms with Crippen LogP contribution in [0.15, 0.2) is 133 Å². The average Bonchev–Trinajstić information content (AvgIpc) is 3.54. The van der Waals surface area contributed by atoms with Gasteiger partial charge in [-0.15, -0.1) is 52.6 Å². The van der Waals surface area contributed by atoms with E-state index < -0.39 is 18.9 Å². The molecule has 6 aromatic carbocycles. The first-order valence-electron chi connectivity index (χ1n) is 11.0. The summed E-state index contributed by atoms with van der Waals surface area (Å²) in [6, 6.07) is 46.9. The van der Waals surface area contributed by atoms with Crippen molar-refractivity contribution >= 4 is 42.8 Å². The van der Waals surface area contributed by atoms with Gasteiger partial charge in [-0.1, -0.05) is 78.4 Å². The Morgan fingerprint density at radius 2 is 1.08 bits per heavy atom. The molecule has 0 amide bonds. The normalized spacial score (nSPS) is 9.61. The molecule has 0 aromatic heterocycles. The molecule has 6 aromatic rings. The smallest absolute Gasteiger partial charge is 0.0194 e. The molecule has 0 spiro atoms. The molecule has 0 N–H and O–H groups in total. The molecule has 3 heteroatoms. The van der Waals surface area contributed by atoms with E-state index in [4.69, 9.17) is 17.0 Å². The number of hydrogen-bond acceptors (Lipinski definition) is 0. The molecule has 36 heavy (non-hydrogen) atoms. The molecular weight excluding hydrogens is 558 g/mol. The summed E-state index contributed by atoms with van der Waals surface area (Å²) in [6.07, 6.45) is 0. The predicted molar refractivity (Wildman–Crippen MR) is 162 cm³/mol. The van der Waals surface area contributed by atoms with Crippen molar-refractivity contribution in [2.24, 2.45) is 0 Å². The van der Waals surface area contributed by atoms with Crippen molar-refractivity contribution in [1.29, 1.82) is 0 Å². The third kappa shape index (κ3) is 7.71. The average molecular weight is 589 g/mol. The van der Waals surface area contributed by atoms with E-state index in [2.05, 4.69) is 138 Å². The van der Waals surface area contributed by atoms with Gasteiger partial charge in [-0.2, -0.15) is 29.7 Å². The van der Waals surface area contributed by atoms with Gasteiger partial charge in [0.15, 0.2) is 0 Å². The van der Waals surface area contributed by atoms with Crippen molar-refractivity contribution in [3.8, 4) is 22.3 Å². The molecule has 0 bridgehead atoms. The second-order valence-corrected chi connectivity index (χ2v) is 16.0.